The molecule has 9 nitrogen and oxygen atoms in total. The minimum Gasteiger partial charge on any atom is -0.343 e. The van der Waals surface area contributed by atoms with Crippen molar-refractivity contribution in [2.24, 2.45) is 0 Å². The lowest BCUT2D eigenvalue weighted by atomic mass is 10.5. The lowest BCUT2D eigenvalue weighted by molar-refractivity contribution is 0.248. The summed E-state index contributed by atoms with van der Waals surface area (Å²) in [6.07, 6.45) is 0.793. The molecule has 27 heavy (non-hydrogen) atoms. The Morgan fingerprint density at radius 2 is 0.741 bits per heavy atom. The van der Waals surface area contributed by atoms with Crippen LogP contribution in [0.4, 0.5) is 0 Å². The Bertz CT molecular complexity index is 513. The Morgan fingerprint density at radius 1 is 0.556 bits per heavy atom. The molecule has 1 heterocycles. The van der Waals surface area contributed by atoms with Gasteiger partial charge in [0.2, 0.25) is 22.1 Å². The van der Waals surface area contributed by atoms with Crippen LogP contribution in [0.15, 0.2) is 0 Å². The smallest absolute Gasteiger partial charge is 0.213 e. The molecule has 12 heteroatoms. The van der Waals surface area contributed by atoms with Gasteiger partial charge in [0.1, 0.15) is 0 Å². The SMILES string of the molecule is CCP(=O)(O)CN1CCN(CP(=O)(O)CC)CCN(CP(=O)(O)CC)CC1. The Morgan fingerprint density at radius 3 is 0.889 bits per heavy atom. The quantitative estimate of drug-likeness (QED) is 0.453. The van der Waals surface area contributed by atoms with E-state index in [0.717, 1.165) is 0 Å². The van der Waals surface area contributed by atoms with Crippen LogP contribution in [-0.4, -0.2) is 106 Å². The Balaban J connectivity index is 2.91. The highest BCUT2D eigenvalue weighted by Gasteiger charge is 2.27. The zero-order chi connectivity index (χ0) is 20.7. The Labute approximate surface area is 163 Å². The minimum atomic E-state index is -3.24. The maximum absolute atomic E-state index is 12.2. The van der Waals surface area contributed by atoms with Crippen LogP contribution in [0.5, 0.6) is 0 Å². The molecular weight excluding hydrogens is 411 g/mol. The van der Waals surface area contributed by atoms with Gasteiger partial charge in [0.15, 0.2) is 0 Å². The first kappa shape index (κ1) is 25.5. The largest absolute Gasteiger partial charge is 0.343 e. The summed E-state index contributed by atoms with van der Waals surface area (Å²) in [6, 6.07) is 0. The van der Waals surface area contributed by atoms with Crippen LogP contribution in [0.3, 0.4) is 0 Å². The molecule has 1 rings (SSSR count). The molecule has 1 fully saturated rings. The van der Waals surface area contributed by atoms with Crippen molar-refractivity contribution >= 4 is 22.1 Å². The summed E-state index contributed by atoms with van der Waals surface area (Å²) in [5.74, 6) is 0. The highest BCUT2D eigenvalue weighted by Crippen LogP contribution is 2.42. The van der Waals surface area contributed by atoms with E-state index < -0.39 is 22.1 Å². The molecule has 3 unspecified atom stereocenters. The molecule has 1 aliphatic heterocycles. The molecule has 1 saturated heterocycles. The topological polar surface area (TPSA) is 122 Å². The van der Waals surface area contributed by atoms with Gasteiger partial charge < -0.3 is 14.7 Å². The van der Waals surface area contributed by atoms with E-state index in [0.29, 0.717) is 39.3 Å². The van der Waals surface area contributed by atoms with Crippen molar-refractivity contribution in [1.29, 1.82) is 0 Å². The average molecular weight is 447 g/mol. The number of hydrogen-bond acceptors (Lipinski definition) is 6. The van der Waals surface area contributed by atoms with Crippen molar-refractivity contribution in [3.05, 3.63) is 0 Å². The number of rotatable bonds is 9. The van der Waals surface area contributed by atoms with Crippen molar-refractivity contribution in [1.82, 2.24) is 14.7 Å². The lowest BCUT2D eigenvalue weighted by Crippen LogP contribution is -2.37. The second-order valence-electron chi connectivity index (χ2n) is 7.27. The van der Waals surface area contributed by atoms with Crippen LogP contribution in [-0.2, 0) is 13.7 Å². The molecule has 0 amide bonds. The monoisotopic (exact) mass is 447 g/mol. The molecule has 0 bridgehead atoms. The van der Waals surface area contributed by atoms with E-state index in [4.69, 9.17) is 0 Å². The van der Waals surface area contributed by atoms with E-state index in [1.807, 2.05) is 14.7 Å². The second kappa shape index (κ2) is 11.0. The van der Waals surface area contributed by atoms with Gasteiger partial charge >= 0.3 is 0 Å². The highest BCUT2D eigenvalue weighted by molar-refractivity contribution is 7.58. The third kappa shape index (κ3) is 10.2. The summed E-state index contributed by atoms with van der Waals surface area (Å²) in [7, 11) is -9.73. The van der Waals surface area contributed by atoms with Crippen molar-refractivity contribution in [2.75, 3.05) is 76.6 Å². The van der Waals surface area contributed by atoms with Crippen molar-refractivity contribution in [3.63, 3.8) is 0 Å². The summed E-state index contributed by atoms with van der Waals surface area (Å²) >= 11 is 0. The second-order valence-corrected chi connectivity index (χ2v) is 15.1. The fourth-order valence-corrected chi connectivity index (χ4v) is 6.17. The summed E-state index contributed by atoms with van der Waals surface area (Å²) in [5.41, 5.74) is 0. The summed E-state index contributed by atoms with van der Waals surface area (Å²) in [6.45, 7) is 8.17. The molecular formula is C15H36N3O6P3. The van der Waals surface area contributed by atoms with E-state index in [2.05, 4.69) is 0 Å². The zero-order valence-electron chi connectivity index (χ0n) is 16.7. The van der Waals surface area contributed by atoms with Crippen molar-refractivity contribution < 1.29 is 28.4 Å². The third-order valence-corrected chi connectivity index (χ3v) is 10.4. The molecule has 162 valence electrons. The molecule has 0 aromatic carbocycles. The predicted molar refractivity (Wildman–Crippen MR) is 110 cm³/mol. The van der Waals surface area contributed by atoms with E-state index in [9.17, 15) is 28.4 Å². The Hall–Kier alpha value is 0.450. The molecule has 0 aromatic heterocycles. The first-order chi connectivity index (χ1) is 12.4. The standard InChI is InChI=1S/C15H36N3O6P3/c1-4-25(19,20)13-16-7-9-17(14-26(21,22)5-2)11-12-18(10-8-16)15-27(23,24)6-3/h4-15H2,1-3H3,(H,19,20)(H,21,22)(H,23,24). The van der Waals surface area contributed by atoms with E-state index in [1.165, 1.54) is 0 Å². The number of hydrogen-bond donors (Lipinski definition) is 3. The number of nitrogens with zero attached hydrogens (tertiary/aromatic N) is 3. The van der Waals surface area contributed by atoms with E-state index in [-0.39, 0.29) is 37.3 Å². The van der Waals surface area contributed by atoms with Crippen LogP contribution in [0.2, 0.25) is 0 Å². The van der Waals surface area contributed by atoms with Gasteiger partial charge in [-0.15, -0.1) is 0 Å². The van der Waals surface area contributed by atoms with E-state index in [1.54, 1.807) is 20.8 Å². The van der Waals surface area contributed by atoms with Crippen LogP contribution < -0.4 is 0 Å². The van der Waals surface area contributed by atoms with Crippen LogP contribution >= 0.6 is 22.1 Å². The molecule has 0 spiro atoms. The van der Waals surface area contributed by atoms with Crippen molar-refractivity contribution in [3.8, 4) is 0 Å². The van der Waals surface area contributed by atoms with E-state index >= 15 is 0 Å². The predicted octanol–water partition coefficient (Wildman–Crippen LogP) is 1.65. The average Bonchev–Trinajstić information content (AvgIpc) is 2.67. The van der Waals surface area contributed by atoms with Crippen molar-refractivity contribution in [2.45, 2.75) is 20.8 Å². The molecule has 0 saturated carbocycles. The third-order valence-electron chi connectivity index (χ3n) is 4.94. The molecule has 0 aliphatic carbocycles. The fraction of sp³-hybridized carbons (Fsp3) is 1.00. The maximum atomic E-state index is 12.2. The zero-order valence-corrected chi connectivity index (χ0v) is 19.4. The Kier molecular flexibility index (Phi) is 10.4. The maximum Gasteiger partial charge on any atom is 0.213 e. The molecule has 3 atom stereocenters. The summed E-state index contributed by atoms with van der Waals surface area (Å²) in [5, 5.41) is 0. The van der Waals surface area contributed by atoms with Gasteiger partial charge in [-0.1, -0.05) is 20.8 Å². The van der Waals surface area contributed by atoms with Gasteiger partial charge in [-0.25, -0.2) is 0 Å². The first-order valence-corrected chi connectivity index (χ1v) is 15.6. The summed E-state index contributed by atoms with van der Waals surface area (Å²) < 4.78 is 36.5. The summed E-state index contributed by atoms with van der Waals surface area (Å²) in [4.78, 5) is 35.7. The van der Waals surface area contributed by atoms with Crippen LogP contribution in [0.25, 0.3) is 0 Å². The molecule has 0 radical (unpaired) electrons. The van der Waals surface area contributed by atoms with Gasteiger partial charge in [-0.05, 0) is 0 Å². The molecule has 3 N–H and O–H groups in total. The van der Waals surface area contributed by atoms with Gasteiger partial charge in [0, 0.05) is 57.8 Å². The lowest BCUT2D eigenvalue weighted by Gasteiger charge is -2.27. The molecule has 1 aliphatic rings. The van der Waals surface area contributed by atoms with Gasteiger partial charge in [0.25, 0.3) is 0 Å². The molecule has 0 aromatic rings. The minimum absolute atomic E-state index is 0.0697. The van der Waals surface area contributed by atoms with Crippen LogP contribution in [0.1, 0.15) is 20.8 Å². The fourth-order valence-electron chi connectivity index (χ4n) is 2.85. The first-order valence-electron chi connectivity index (χ1n) is 9.51. The normalized spacial score (nSPS) is 25.6. The van der Waals surface area contributed by atoms with Gasteiger partial charge in [-0.2, -0.15) is 0 Å². The van der Waals surface area contributed by atoms with Crippen LogP contribution in [0, 0.1) is 0 Å². The highest BCUT2D eigenvalue weighted by atomic mass is 31.2. The van der Waals surface area contributed by atoms with Gasteiger partial charge in [-0.3, -0.25) is 28.4 Å². The van der Waals surface area contributed by atoms with Gasteiger partial charge in [0.05, 0.1) is 18.9 Å².